The van der Waals surface area contributed by atoms with E-state index in [9.17, 15) is 14.7 Å². The smallest absolute Gasteiger partial charge is 0.324 e. The number of aliphatic carboxylic acids is 1. The number of hydrogen-bond donors (Lipinski definition) is 3. The zero-order valence-corrected chi connectivity index (χ0v) is 21.3. The van der Waals surface area contributed by atoms with Gasteiger partial charge < -0.3 is 14.8 Å². The monoisotopic (exact) mass is 491 g/mol. The molecule has 192 valence electrons. The summed E-state index contributed by atoms with van der Waals surface area (Å²) < 4.78 is 5.54. The van der Waals surface area contributed by atoms with Gasteiger partial charge in [0.2, 0.25) is 0 Å². The molecule has 2 aromatic rings. The minimum absolute atomic E-state index is 0.0778. The Morgan fingerprint density at radius 2 is 2.03 bits per heavy atom. The molecule has 1 fully saturated rings. The number of benzene rings is 1. The zero-order chi connectivity index (χ0) is 25.7. The third-order valence-electron chi connectivity index (χ3n) is 7.44. The molecule has 2 aliphatic heterocycles. The molecule has 3 N–H and O–H groups in total. The first kappa shape index (κ1) is 26.0. The molecule has 1 saturated heterocycles. The van der Waals surface area contributed by atoms with E-state index < -0.39 is 12.0 Å². The van der Waals surface area contributed by atoms with Gasteiger partial charge in [-0.2, -0.15) is 0 Å². The number of aryl methyl sites for hydroxylation is 2. The zero-order valence-electron chi connectivity index (χ0n) is 21.3. The predicted octanol–water partition coefficient (Wildman–Crippen LogP) is 4.69. The van der Waals surface area contributed by atoms with Gasteiger partial charge >= 0.3 is 5.97 Å². The van der Waals surface area contributed by atoms with E-state index >= 15 is 0 Å². The molecule has 0 amide bonds. The number of nitrogens with one attached hydrogen (secondary N) is 2. The van der Waals surface area contributed by atoms with Crippen LogP contribution in [0.1, 0.15) is 61.3 Å². The Morgan fingerprint density at radius 3 is 2.72 bits per heavy atom. The molecule has 3 heterocycles. The summed E-state index contributed by atoms with van der Waals surface area (Å²) in [6, 6.07) is 7.37. The van der Waals surface area contributed by atoms with Crippen molar-refractivity contribution in [2.24, 2.45) is 16.8 Å². The van der Waals surface area contributed by atoms with Gasteiger partial charge in [-0.15, -0.1) is 0 Å². The number of aromatic nitrogens is 1. The van der Waals surface area contributed by atoms with E-state index in [4.69, 9.17) is 9.73 Å². The molecule has 4 rings (SSSR count). The average molecular weight is 492 g/mol. The van der Waals surface area contributed by atoms with Gasteiger partial charge in [0.15, 0.2) is 0 Å². The van der Waals surface area contributed by atoms with Crippen LogP contribution in [0.15, 0.2) is 52.4 Å². The third kappa shape index (κ3) is 6.39. The number of aromatic amines is 1. The van der Waals surface area contributed by atoms with Gasteiger partial charge in [0.1, 0.15) is 6.04 Å². The Hall–Kier alpha value is -3.03. The van der Waals surface area contributed by atoms with Crippen LogP contribution in [0.4, 0.5) is 5.69 Å². The number of carboxylic acids is 1. The van der Waals surface area contributed by atoms with Crippen molar-refractivity contribution in [3.8, 4) is 0 Å². The largest absolute Gasteiger partial charge is 0.480 e. The summed E-state index contributed by atoms with van der Waals surface area (Å²) in [5.74, 6) is 0.0569. The Balaban J connectivity index is 1.62. The van der Waals surface area contributed by atoms with Gasteiger partial charge in [-0.25, -0.2) is 0 Å². The molecule has 0 saturated carbocycles. The number of carboxylic acid groups (broad SMARTS) is 1. The SMILES string of the molecule is C=C(C)[C@H](NCc1ccc2c(c1)N=C(c1c[nH]c(=O)c(C)c1)C(CCC1CCOCC1)CC2)C(=O)O. The van der Waals surface area contributed by atoms with Gasteiger partial charge in [-0.05, 0) is 81.5 Å². The number of nitrogens with zero attached hydrogens (tertiary/aromatic N) is 1. The maximum absolute atomic E-state index is 12.0. The summed E-state index contributed by atoms with van der Waals surface area (Å²) in [5.41, 5.74) is 6.25. The fraction of sp³-hybridized carbons (Fsp3) is 0.483. The van der Waals surface area contributed by atoms with Crippen LogP contribution in [0.3, 0.4) is 0 Å². The highest BCUT2D eigenvalue weighted by atomic mass is 16.5. The van der Waals surface area contributed by atoms with Gasteiger partial charge in [-0.3, -0.25) is 19.9 Å². The second-order valence-corrected chi connectivity index (χ2v) is 10.2. The second kappa shape index (κ2) is 11.8. The average Bonchev–Trinajstić information content (AvgIpc) is 3.04. The third-order valence-corrected chi connectivity index (χ3v) is 7.44. The first-order valence-corrected chi connectivity index (χ1v) is 12.9. The molecule has 36 heavy (non-hydrogen) atoms. The van der Waals surface area contributed by atoms with Crippen molar-refractivity contribution in [3.05, 3.63) is 75.2 Å². The summed E-state index contributed by atoms with van der Waals surface area (Å²) in [4.78, 5) is 31.6. The molecule has 0 aliphatic carbocycles. The molecule has 1 aromatic heterocycles. The van der Waals surface area contributed by atoms with Gasteiger partial charge in [-0.1, -0.05) is 24.3 Å². The van der Waals surface area contributed by atoms with Crippen LogP contribution in [0.2, 0.25) is 0 Å². The molecular formula is C29H37N3O4. The summed E-state index contributed by atoms with van der Waals surface area (Å²) in [6.07, 6.45) is 8.17. The molecule has 7 heteroatoms. The highest BCUT2D eigenvalue weighted by molar-refractivity contribution is 6.04. The Labute approximate surface area is 212 Å². The highest BCUT2D eigenvalue weighted by Gasteiger charge is 2.25. The summed E-state index contributed by atoms with van der Waals surface area (Å²) in [5, 5.41) is 12.5. The van der Waals surface area contributed by atoms with E-state index in [1.165, 1.54) is 5.56 Å². The van der Waals surface area contributed by atoms with Crippen molar-refractivity contribution >= 4 is 17.4 Å². The number of aliphatic imine (C=N–C) groups is 1. The molecule has 2 atom stereocenters. The normalized spacial score (nSPS) is 19.2. The summed E-state index contributed by atoms with van der Waals surface area (Å²) in [7, 11) is 0. The lowest BCUT2D eigenvalue weighted by atomic mass is 9.84. The van der Waals surface area contributed by atoms with Gasteiger partial charge in [0, 0.05) is 43.0 Å². The van der Waals surface area contributed by atoms with E-state index in [-0.39, 0.29) is 5.56 Å². The number of H-pyrrole nitrogens is 1. The first-order chi connectivity index (χ1) is 17.3. The van der Waals surface area contributed by atoms with Crippen LogP contribution in [-0.4, -0.2) is 41.0 Å². The molecule has 0 radical (unpaired) electrons. The standard InChI is InChI=1S/C29H37N3O4/c1-18(2)26(29(34)35)30-16-21-5-6-22-8-9-23(7-4-20-10-12-36-13-11-20)27(32-25(22)15-21)24-14-19(3)28(33)31-17-24/h5-6,14-15,17,20,23,26,30H,1,4,7-13,16H2,2-3H3,(H,31,33)(H,34,35)/t23?,26-/m0/s1. The van der Waals surface area contributed by atoms with Crippen LogP contribution >= 0.6 is 0 Å². The number of pyridine rings is 1. The van der Waals surface area contributed by atoms with Crippen LogP contribution in [0.5, 0.6) is 0 Å². The molecular weight excluding hydrogens is 454 g/mol. The number of hydrogen-bond acceptors (Lipinski definition) is 5. The number of carbonyl (C=O) groups is 1. The van der Waals surface area contributed by atoms with E-state index in [1.54, 1.807) is 13.1 Å². The van der Waals surface area contributed by atoms with Crippen LogP contribution in [0.25, 0.3) is 0 Å². The molecule has 1 aromatic carbocycles. The van der Waals surface area contributed by atoms with Crippen molar-refractivity contribution < 1.29 is 14.6 Å². The van der Waals surface area contributed by atoms with Gasteiger partial charge in [0.25, 0.3) is 5.56 Å². The molecule has 0 spiro atoms. The minimum Gasteiger partial charge on any atom is -0.480 e. The first-order valence-electron chi connectivity index (χ1n) is 12.9. The second-order valence-electron chi connectivity index (χ2n) is 10.2. The Kier molecular flexibility index (Phi) is 8.54. The van der Waals surface area contributed by atoms with Crippen LogP contribution in [0, 0.1) is 18.8 Å². The topological polar surface area (TPSA) is 104 Å². The summed E-state index contributed by atoms with van der Waals surface area (Å²) in [6.45, 7) is 9.45. The van der Waals surface area contributed by atoms with Crippen molar-refractivity contribution in [2.45, 2.75) is 65.0 Å². The minimum atomic E-state index is -0.932. The van der Waals surface area contributed by atoms with Crippen LogP contribution < -0.4 is 10.9 Å². The fourth-order valence-corrected chi connectivity index (χ4v) is 5.21. The van der Waals surface area contributed by atoms with Crippen molar-refractivity contribution in [1.82, 2.24) is 10.3 Å². The maximum atomic E-state index is 12.0. The maximum Gasteiger partial charge on any atom is 0.324 e. The lowest BCUT2D eigenvalue weighted by Gasteiger charge is -2.25. The van der Waals surface area contributed by atoms with E-state index in [0.29, 0.717) is 29.5 Å². The number of rotatable bonds is 9. The van der Waals surface area contributed by atoms with Gasteiger partial charge in [0.05, 0.1) is 11.4 Å². The Morgan fingerprint density at radius 1 is 1.25 bits per heavy atom. The predicted molar refractivity (Wildman–Crippen MR) is 142 cm³/mol. The quantitative estimate of drug-likeness (QED) is 0.442. The molecule has 0 bridgehead atoms. The number of ether oxygens (including phenoxy) is 1. The fourth-order valence-electron chi connectivity index (χ4n) is 5.21. The molecule has 7 nitrogen and oxygen atoms in total. The molecule has 2 aliphatic rings. The lowest BCUT2D eigenvalue weighted by molar-refractivity contribution is -0.138. The molecule has 1 unspecified atom stereocenters. The van der Waals surface area contributed by atoms with E-state index in [2.05, 4.69) is 29.0 Å². The highest BCUT2D eigenvalue weighted by Crippen LogP contribution is 2.34. The van der Waals surface area contributed by atoms with E-state index in [1.807, 2.05) is 19.1 Å². The number of fused-ring (bicyclic) bond motifs is 1. The van der Waals surface area contributed by atoms with Crippen molar-refractivity contribution in [1.29, 1.82) is 0 Å². The Bertz CT molecular complexity index is 1180. The van der Waals surface area contributed by atoms with Crippen molar-refractivity contribution in [3.63, 3.8) is 0 Å². The van der Waals surface area contributed by atoms with Crippen LogP contribution in [-0.2, 0) is 22.5 Å². The van der Waals surface area contributed by atoms with E-state index in [0.717, 1.165) is 74.3 Å². The van der Waals surface area contributed by atoms with Crippen molar-refractivity contribution in [2.75, 3.05) is 13.2 Å². The lowest BCUT2D eigenvalue weighted by Crippen LogP contribution is -2.36. The summed E-state index contributed by atoms with van der Waals surface area (Å²) >= 11 is 0.